The molecule has 0 unspecified atom stereocenters. The maximum Gasteiger partial charge on any atom is 0.225 e. The summed E-state index contributed by atoms with van der Waals surface area (Å²) in [5.74, 6) is 0.0433. The molecule has 1 amide bonds. The number of benzene rings is 1. The van der Waals surface area contributed by atoms with Crippen molar-refractivity contribution in [3.05, 3.63) is 36.2 Å². The van der Waals surface area contributed by atoms with Gasteiger partial charge in [0.2, 0.25) is 5.91 Å². The first-order chi connectivity index (χ1) is 8.47. The van der Waals surface area contributed by atoms with E-state index < -0.39 is 0 Å². The molecule has 4 heteroatoms. The van der Waals surface area contributed by atoms with E-state index in [1.807, 2.05) is 39.0 Å². The third-order valence-electron chi connectivity index (χ3n) is 2.67. The first-order valence-corrected chi connectivity index (χ1v) is 5.95. The standard InChI is InChI=1S/C14H17N3O/c1-14(2,3)13(18)17-9-10-4-5-11-12(8-10)16-7-6-15-11/h4-8H,9H2,1-3H3,(H,17,18). The van der Waals surface area contributed by atoms with Gasteiger partial charge in [-0.2, -0.15) is 0 Å². The van der Waals surface area contributed by atoms with Crippen molar-refractivity contribution in [2.24, 2.45) is 5.41 Å². The average Bonchev–Trinajstić information content (AvgIpc) is 2.34. The number of nitrogens with zero attached hydrogens (tertiary/aromatic N) is 2. The number of hydrogen-bond acceptors (Lipinski definition) is 3. The number of rotatable bonds is 2. The van der Waals surface area contributed by atoms with E-state index in [-0.39, 0.29) is 11.3 Å². The molecule has 1 aromatic heterocycles. The number of aromatic nitrogens is 2. The van der Waals surface area contributed by atoms with Crippen LogP contribution in [0.1, 0.15) is 26.3 Å². The molecular weight excluding hydrogens is 226 g/mol. The summed E-state index contributed by atoms with van der Waals surface area (Å²) in [6.45, 7) is 6.21. The Bertz CT molecular complexity index is 573. The molecule has 0 spiro atoms. The molecule has 0 atom stereocenters. The van der Waals surface area contributed by atoms with Gasteiger partial charge in [0.1, 0.15) is 0 Å². The molecule has 0 aliphatic heterocycles. The molecule has 1 heterocycles. The summed E-state index contributed by atoms with van der Waals surface area (Å²) in [7, 11) is 0. The van der Waals surface area contributed by atoms with E-state index in [4.69, 9.17) is 0 Å². The molecule has 2 rings (SSSR count). The summed E-state index contributed by atoms with van der Waals surface area (Å²) in [5.41, 5.74) is 2.38. The lowest BCUT2D eigenvalue weighted by molar-refractivity contribution is -0.128. The van der Waals surface area contributed by atoms with E-state index >= 15 is 0 Å². The average molecular weight is 243 g/mol. The number of hydrogen-bond donors (Lipinski definition) is 1. The van der Waals surface area contributed by atoms with Crippen LogP contribution >= 0.6 is 0 Å². The molecule has 2 aromatic rings. The van der Waals surface area contributed by atoms with Crippen molar-refractivity contribution < 1.29 is 4.79 Å². The van der Waals surface area contributed by atoms with Crippen LogP contribution in [0.5, 0.6) is 0 Å². The lowest BCUT2D eigenvalue weighted by atomic mass is 9.95. The van der Waals surface area contributed by atoms with Crippen LogP contribution in [0.25, 0.3) is 11.0 Å². The van der Waals surface area contributed by atoms with E-state index in [2.05, 4.69) is 15.3 Å². The minimum absolute atomic E-state index is 0.0433. The lowest BCUT2D eigenvalue weighted by Crippen LogP contribution is -2.34. The zero-order valence-electron chi connectivity index (χ0n) is 10.9. The highest BCUT2D eigenvalue weighted by Crippen LogP contribution is 2.14. The summed E-state index contributed by atoms with van der Waals surface area (Å²) >= 11 is 0. The topological polar surface area (TPSA) is 54.9 Å². The summed E-state index contributed by atoms with van der Waals surface area (Å²) in [6, 6.07) is 5.83. The first-order valence-electron chi connectivity index (χ1n) is 5.95. The molecule has 0 fully saturated rings. The number of amides is 1. The Hall–Kier alpha value is -1.97. The molecule has 0 saturated heterocycles. The van der Waals surface area contributed by atoms with Crippen molar-refractivity contribution in [1.82, 2.24) is 15.3 Å². The van der Waals surface area contributed by atoms with Crippen LogP contribution in [-0.4, -0.2) is 15.9 Å². The largest absolute Gasteiger partial charge is 0.352 e. The third-order valence-corrected chi connectivity index (χ3v) is 2.67. The highest BCUT2D eigenvalue weighted by Gasteiger charge is 2.20. The highest BCUT2D eigenvalue weighted by atomic mass is 16.2. The van der Waals surface area contributed by atoms with Crippen LogP contribution in [-0.2, 0) is 11.3 Å². The molecule has 0 bridgehead atoms. The van der Waals surface area contributed by atoms with Gasteiger partial charge in [0.15, 0.2) is 0 Å². The molecule has 0 aliphatic rings. The van der Waals surface area contributed by atoms with Crippen LogP contribution < -0.4 is 5.32 Å². The molecule has 0 radical (unpaired) electrons. The molecule has 0 saturated carbocycles. The monoisotopic (exact) mass is 243 g/mol. The second-order valence-electron chi connectivity index (χ2n) is 5.31. The van der Waals surface area contributed by atoms with E-state index in [1.165, 1.54) is 0 Å². The Labute approximate surface area is 106 Å². The predicted molar refractivity (Wildman–Crippen MR) is 70.8 cm³/mol. The first kappa shape index (κ1) is 12.5. The van der Waals surface area contributed by atoms with Gasteiger partial charge in [-0.1, -0.05) is 26.8 Å². The molecule has 0 aliphatic carbocycles. The van der Waals surface area contributed by atoms with Crippen molar-refractivity contribution in [3.8, 4) is 0 Å². The van der Waals surface area contributed by atoms with Gasteiger partial charge in [-0.05, 0) is 17.7 Å². The molecule has 1 aromatic carbocycles. The van der Waals surface area contributed by atoms with Gasteiger partial charge in [-0.3, -0.25) is 14.8 Å². The molecule has 18 heavy (non-hydrogen) atoms. The molecule has 94 valence electrons. The quantitative estimate of drug-likeness (QED) is 0.880. The Morgan fingerprint density at radius 3 is 2.50 bits per heavy atom. The van der Waals surface area contributed by atoms with Gasteiger partial charge in [0.05, 0.1) is 11.0 Å². The molecular formula is C14H17N3O. The second kappa shape index (κ2) is 4.72. The van der Waals surface area contributed by atoms with Gasteiger partial charge in [-0.25, -0.2) is 0 Å². The minimum Gasteiger partial charge on any atom is -0.352 e. The number of carbonyl (C=O) groups is 1. The van der Waals surface area contributed by atoms with Gasteiger partial charge >= 0.3 is 0 Å². The van der Waals surface area contributed by atoms with Crippen LogP contribution in [0, 0.1) is 5.41 Å². The number of fused-ring (bicyclic) bond motifs is 1. The van der Waals surface area contributed by atoms with Crippen LogP contribution in [0.4, 0.5) is 0 Å². The summed E-state index contributed by atoms with van der Waals surface area (Å²) < 4.78 is 0. The maximum absolute atomic E-state index is 11.8. The van der Waals surface area contributed by atoms with E-state index in [1.54, 1.807) is 12.4 Å². The van der Waals surface area contributed by atoms with Crippen LogP contribution in [0.15, 0.2) is 30.6 Å². The summed E-state index contributed by atoms with van der Waals surface area (Å²) in [5, 5.41) is 2.92. The second-order valence-corrected chi connectivity index (χ2v) is 5.31. The maximum atomic E-state index is 11.8. The fourth-order valence-electron chi connectivity index (χ4n) is 1.57. The zero-order valence-corrected chi connectivity index (χ0v) is 10.9. The van der Waals surface area contributed by atoms with Crippen molar-refractivity contribution in [2.75, 3.05) is 0 Å². The van der Waals surface area contributed by atoms with Crippen LogP contribution in [0.3, 0.4) is 0 Å². The van der Waals surface area contributed by atoms with Gasteiger partial charge in [0, 0.05) is 24.4 Å². The third kappa shape index (κ3) is 2.83. The van der Waals surface area contributed by atoms with Crippen molar-refractivity contribution in [3.63, 3.8) is 0 Å². The van der Waals surface area contributed by atoms with E-state index in [9.17, 15) is 4.79 Å². The SMILES string of the molecule is CC(C)(C)C(=O)NCc1ccc2nccnc2c1. The van der Waals surface area contributed by atoms with E-state index in [0.717, 1.165) is 16.6 Å². The summed E-state index contributed by atoms with van der Waals surface area (Å²) in [6.07, 6.45) is 3.34. The Balaban J connectivity index is 2.11. The minimum atomic E-state index is -0.364. The Kier molecular flexibility index (Phi) is 3.28. The normalized spacial score (nSPS) is 11.5. The Morgan fingerprint density at radius 2 is 1.83 bits per heavy atom. The van der Waals surface area contributed by atoms with Crippen molar-refractivity contribution in [1.29, 1.82) is 0 Å². The zero-order chi connectivity index (χ0) is 13.2. The molecule has 1 N–H and O–H groups in total. The molecule has 4 nitrogen and oxygen atoms in total. The van der Waals surface area contributed by atoms with E-state index in [0.29, 0.717) is 6.54 Å². The number of carbonyl (C=O) groups excluding carboxylic acids is 1. The predicted octanol–water partition coefficient (Wildman–Crippen LogP) is 2.29. The number of nitrogens with one attached hydrogen (secondary N) is 1. The van der Waals surface area contributed by atoms with Crippen LogP contribution in [0.2, 0.25) is 0 Å². The van der Waals surface area contributed by atoms with Gasteiger partial charge in [0.25, 0.3) is 0 Å². The van der Waals surface area contributed by atoms with Crippen molar-refractivity contribution in [2.45, 2.75) is 27.3 Å². The summed E-state index contributed by atoms with van der Waals surface area (Å²) in [4.78, 5) is 20.2. The Morgan fingerprint density at radius 1 is 1.17 bits per heavy atom. The van der Waals surface area contributed by atoms with Gasteiger partial charge in [-0.15, -0.1) is 0 Å². The van der Waals surface area contributed by atoms with Crippen molar-refractivity contribution >= 4 is 16.9 Å². The highest BCUT2D eigenvalue weighted by molar-refractivity contribution is 5.81. The fourth-order valence-corrected chi connectivity index (χ4v) is 1.57. The fraction of sp³-hybridized carbons (Fsp3) is 0.357. The smallest absolute Gasteiger partial charge is 0.225 e. The van der Waals surface area contributed by atoms with Gasteiger partial charge < -0.3 is 5.32 Å². The lowest BCUT2D eigenvalue weighted by Gasteiger charge is -2.17.